The molecule has 20 heavy (non-hydrogen) atoms. The van der Waals surface area contributed by atoms with Gasteiger partial charge in [0, 0.05) is 19.3 Å². The molecule has 0 amide bonds. The van der Waals surface area contributed by atoms with Crippen molar-refractivity contribution in [2.75, 3.05) is 20.3 Å². The molecule has 1 N–H and O–H groups in total. The Hall–Kier alpha value is -0.0800. The minimum Gasteiger partial charge on any atom is -0.384 e. The zero-order chi connectivity index (χ0) is 15.2. The van der Waals surface area contributed by atoms with Gasteiger partial charge in [0.1, 0.15) is 0 Å². The van der Waals surface area contributed by atoms with Crippen molar-refractivity contribution in [3.8, 4) is 0 Å². The third-order valence-corrected chi connectivity index (χ3v) is 4.91. The molecule has 0 radical (unpaired) electrons. The van der Waals surface area contributed by atoms with Crippen molar-refractivity contribution in [1.29, 1.82) is 0 Å². The molecule has 0 aromatic heterocycles. The first-order chi connectivity index (χ1) is 9.37. The normalized spacial score (nSPS) is 29.4. The maximum atomic E-state index is 5.43. The van der Waals surface area contributed by atoms with E-state index in [9.17, 15) is 0 Å². The Bertz CT molecular complexity index is 259. The third kappa shape index (κ3) is 6.13. The number of nitrogens with one attached hydrogen (secondary N) is 1. The Labute approximate surface area is 127 Å². The minimum absolute atomic E-state index is 0.231. The molecule has 1 rings (SSSR count). The molecule has 4 atom stereocenters. The van der Waals surface area contributed by atoms with E-state index in [4.69, 9.17) is 4.74 Å². The molecule has 4 unspecified atom stereocenters. The van der Waals surface area contributed by atoms with Gasteiger partial charge < -0.3 is 10.1 Å². The van der Waals surface area contributed by atoms with Gasteiger partial charge in [-0.3, -0.25) is 0 Å². The van der Waals surface area contributed by atoms with E-state index in [2.05, 4.69) is 39.9 Å². The summed E-state index contributed by atoms with van der Waals surface area (Å²) < 4.78 is 5.43. The van der Waals surface area contributed by atoms with Gasteiger partial charge in [-0.05, 0) is 63.8 Å². The summed E-state index contributed by atoms with van der Waals surface area (Å²) in [5.41, 5.74) is 0.231. The smallest absolute Gasteiger partial charge is 0.0490 e. The molecule has 1 aliphatic carbocycles. The maximum Gasteiger partial charge on any atom is 0.0490 e. The molecular formula is C18H37NO. The monoisotopic (exact) mass is 283 g/mol. The summed E-state index contributed by atoms with van der Waals surface area (Å²) in [5, 5.41) is 3.72. The number of hydrogen-bond donors (Lipinski definition) is 1. The SMILES string of the molecule is CCCC1CCC(CNC(C)(C)C)C(C(C)COC)C1. The van der Waals surface area contributed by atoms with Gasteiger partial charge in [-0.15, -0.1) is 0 Å². The van der Waals surface area contributed by atoms with Crippen LogP contribution in [0.15, 0.2) is 0 Å². The first-order valence-electron chi connectivity index (χ1n) is 8.61. The number of methoxy groups -OCH3 is 1. The summed E-state index contributed by atoms with van der Waals surface area (Å²) in [7, 11) is 1.84. The van der Waals surface area contributed by atoms with Crippen LogP contribution in [-0.4, -0.2) is 25.8 Å². The summed E-state index contributed by atoms with van der Waals surface area (Å²) in [4.78, 5) is 0. The molecule has 0 bridgehead atoms. The lowest BCUT2D eigenvalue weighted by Crippen LogP contribution is -2.43. The standard InChI is InChI=1S/C18H37NO/c1-7-8-15-9-10-16(12-19-18(3,4)5)17(11-15)14(2)13-20-6/h14-17,19H,7-13H2,1-6H3. The average molecular weight is 284 g/mol. The second kappa shape index (κ2) is 8.38. The van der Waals surface area contributed by atoms with E-state index in [0.29, 0.717) is 5.92 Å². The number of rotatable bonds is 7. The van der Waals surface area contributed by atoms with Gasteiger partial charge in [-0.25, -0.2) is 0 Å². The molecule has 2 heteroatoms. The molecule has 1 saturated carbocycles. The van der Waals surface area contributed by atoms with Gasteiger partial charge >= 0.3 is 0 Å². The summed E-state index contributed by atoms with van der Waals surface area (Å²) in [6, 6.07) is 0. The Morgan fingerprint density at radius 3 is 2.50 bits per heavy atom. The van der Waals surface area contributed by atoms with E-state index in [-0.39, 0.29) is 5.54 Å². The summed E-state index contributed by atoms with van der Waals surface area (Å²) >= 11 is 0. The highest BCUT2D eigenvalue weighted by Crippen LogP contribution is 2.40. The fourth-order valence-corrected chi connectivity index (χ4v) is 3.80. The molecule has 1 aliphatic rings. The van der Waals surface area contributed by atoms with Crippen LogP contribution in [-0.2, 0) is 4.74 Å². The first-order valence-corrected chi connectivity index (χ1v) is 8.61. The van der Waals surface area contributed by atoms with Crippen LogP contribution >= 0.6 is 0 Å². The van der Waals surface area contributed by atoms with E-state index >= 15 is 0 Å². The lowest BCUT2D eigenvalue weighted by molar-refractivity contribution is 0.0613. The predicted molar refractivity (Wildman–Crippen MR) is 88.0 cm³/mol. The van der Waals surface area contributed by atoms with Crippen molar-refractivity contribution in [3.05, 3.63) is 0 Å². The third-order valence-electron chi connectivity index (χ3n) is 4.91. The van der Waals surface area contributed by atoms with Crippen molar-refractivity contribution in [2.45, 2.75) is 72.3 Å². The van der Waals surface area contributed by atoms with E-state index in [1.807, 2.05) is 7.11 Å². The van der Waals surface area contributed by atoms with Crippen molar-refractivity contribution in [3.63, 3.8) is 0 Å². The Balaban J connectivity index is 2.60. The number of hydrogen-bond acceptors (Lipinski definition) is 2. The molecule has 1 fully saturated rings. The van der Waals surface area contributed by atoms with Crippen LogP contribution in [0.1, 0.15) is 66.7 Å². The van der Waals surface area contributed by atoms with Crippen LogP contribution in [0.5, 0.6) is 0 Å². The van der Waals surface area contributed by atoms with Gasteiger partial charge in [-0.1, -0.05) is 33.1 Å². The van der Waals surface area contributed by atoms with Gasteiger partial charge in [0.25, 0.3) is 0 Å². The Morgan fingerprint density at radius 2 is 1.95 bits per heavy atom. The second-order valence-electron chi connectivity index (χ2n) is 7.96. The fourth-order valence-electron chi connectivity index (χ4n) is 3.80. The van der Waals surface area contributed by atoms with Gasteiger partial charge in [-0.2, -0.15) is 0 Å². The van der Waals surface area contributed by atoms with Crippen LogP contribution in [0, 0.1) is 23.7 Å². The Morgan fingerprint density at radius 1 is 1.25 bits per heavy atom. The summed E-state index contributed by atoms with van der Waals surface area (Å²) in [5.74, 6) is 3.30. The highest BCUT2D eigenvalue weighted by molar-refractivity contribution is 4.86. The van der Waals surface area contributed by atoms with Gasteiger partial charge in [0.05, 0.1) is 0 Å². The van der Waals surface area contributed by atoms with Crippen molar-refractivity contribution in [1.82, 2.24) is 5.32 Å². The largest absolute Gasteiger partial charge is 0.384 e. The van der Waals surface area contributed by atoms with Crippen molar-refractivity contribution >= 4 is 0 Å². The van der Waals surface area contributed by atoms with Crippen LogP contribution in [0.25, 0.3) is 0 Å². The zero-order valence-corrected chi connectivity index (χ0v) is 14.7. The molecule has 0 aromatic rings. The van der Waals surface area contributed by atoms with E-state index in [0.717, 1.165) is 24.4 Å². The van der Waals surface area contributed by atoms with Crippen LogP contribution in [0.4, 0.5) is 0 Å². The molecular weight excluding hydrogens is 246 g/mol. The maximum absolute atomic E-state index is 5.43. The fraction of sp³-hybridized carbons (Fsp3) is 1.00. The van der Waals surface area contributed by atoms with E-state index < -0.39 is 0 Å². The summed E-state index contributed by atoms with van der Waals surface area (Å²) in [6.07, 6.45) is 6.98. The van der Waals surface area contributed by atoms with E-state index in [1.54, 1.807) is 0 Å². The predicted octanol–water partition coefficient (Wildman–Crippen LogP) is 4.49. The molecule has 0 aromatic carbocycles. The molecule has 0 spiro atoms. The molecule has 0 heterocycles. The molecule has 2 nitrogen and oxygen atoms in total. The van der Waals surface area contributed by atoms with Crippen LogP contribution in [0.2, 0.25) is 0 Å². The second-order valence-corrected chi connectivity index (χ2v) is 7.96. The van der Waals surface area contributed by atoms with Crippen molar-refractivity contribution < 1.29 is 4.74 Å². The molecule has 0 saturated heterocycles. The van der Waals surface area contributed by atoms with Crippen molar-refractivity contribution in [2.24, 2.45) is 23.7 Å². The van der Waals surface area contributed by atoms with Gasteiger partial charge in [0.15, 0.2) is 0 Å². The molecule has 0 aliphatic heterocycles. The lowest BCUT2D eigenvalue weighted by Gasteiger charge is -2.40. The Kier molecular flexibility index (Phi) is 7.53. The minimum atomic E-state index is 0.231. The molecule has 120 valence electrons. The quantitative estimate of drug-likeness (QED) is 0.743. The highest BCUT2D eigenvalue weighted by atomic mass is 16.5. The van der Waals surface area contributed by atoms with Crippen LogP contribution < -0.4 is 5.32 Å². The summed E-state index contributed by atoms with van der Waals surface area (Å²) in [6.45, 7) is 13.6. The highest BCUT2D eigenvalue weighted by Gasteiger charge is 2.33. The number of ether oxygens (including phenoxy) is 1. The van der Waals surface area contributed by atoms with Crippen LogP contribution in [0.3, 0.4) is 0 Å². The van der Waals surface area contributed by atoms with Gasteiger partial charge in [0.2, 0.25) is 0 Å². The lowest BCUT2D eigenvalue weighted by atomic mass is 9.68. The van der Waals surface area contributed by atoms with E-state index in [1.165, 1.54) is 38.6 Å². The topological polar surface area (TPSA) is 21.3 Å². The average Bonchev–Trinajstić information content (AvgIpc) is 2.37. The zero-order valence-electron chi connectivity index (χ0n) is 14.7. The first kappa shape index (κ1) is 18.0.